The third-order valence-electron chi connectivity index (χ3n) is 7.19. The van der Waals surface area contributed by atoms with E-state index in [1.807, 2.05) is 60.7 Å². The highest BCUT2D eigenvalue weighted by molar-refractivity contribution is 6.37. The Morgan fingerprint density at radius 1 is 0.824 bits per heavy atom. The maximum atomic E-state index is 14.3. The van der Waals surface area contributed by atoms with Crippen molar-refractivity contribution in [2.75, 3.05) is 0 Å². The van der Waals surface area contributed by atoms with Crippen LogP contribution in [0.2, 0.25) is 0 Å². The van der Waals surface area contributed by atoms with Crippen LogP contribution in [0.5, 0.6) is 0 Å². The first-order chi connectivity index (χ1) is 16.2. The Bertz CT molecular complexity index is 1300. The Hall–Kier alpha value is -3.64. The summed E-state index contributed by atoms with van der Waals surface area (Å²) in [6.45, 7) is 5.54. The third kappa shape index (κ3) is 2.60. The first kappa shape index (κ1) is 22.2. The summed E-state index contributed by atoms with van der Waals surface area (Å²) in [6.07, 6.45) is -1.08. The lowest BCUT2D eigenvalue weighted by Crippen LogP contribution is -2.55. The lowest BCUT2D eigenvalue weighted by molar-refractivity contribution is -0.159. The maximum absolute atomic E-state index is 14.3. The molecule has 6 heteroatoms. The molecule has 2 aromatic carbocycles. The Morgan fingerprint density at radius 3 is 1.85 bits per heavy atom. The zero-order valence-corrected chi connectivity index (χ0v) is 19.4. The minimum absolute atomic E-state index is 0.241. The number of ketones is 4. The van der Waals surface area contributed by atoms with Gasteiger partial charge < -0.3 is 9.47 Å². The van der Waals surface area contributed by atoms with Crippen molar-refractivity contribution >= 4 is 34.3 Å². The van der Waals surface area contributed by atoms with Crippen molar-refractivity contribution in [3.8, 4) is 0 Å². The maximum Gasteiger partial charge on any atom is 0.198 e. The number of carbonyl (C=O) groups is 4. The van der Waals surface area contributed by atoms with Crippen LogP contribution in [0, 0.1) is 5.92 Å². The molecule has 0 radical (unpaired) electrons. The van der Waals surface area contributed by atoms with Crippen LogP contribution in [0.4, 0.5) is 0 Å². The molecule has 34 heavy (non-hydrogen) atoms. The molecule has 0 N–H and O–H groups in total. The fourth-order valence-corrected chi connectivity index (χ4v) is 5.96. The SMILES string of the molecule is CC(=O)C1=C(C)O[C@@]23C(c4ccccc4)=C(c4ccccc4)C(=O)[C@@H]2C(C(C)=O)(C(C)=O)O[C@@H]13. The monoisotopic (exact) mass is 456 g/mol. The van der Waals surface area contributed by atoms with E-state index in [1.54, 1.807) is 6.92 Å². The van der Waals surface area contributed by atoms with E-state index in [-0.39, 0.29) is 11.4 Å². The molecule has 1 aliphatic carbocycles. The smallest absolute Gasteiger partial charge is 0.198 e. The van der Waals surface area contributed by atoms with Crippen LogP contribution in [0.3, 0.4) is 0 Å². The van der Waals surface area contributed by atoms with Gasteiger partial charge in [0.15, 0.2) is 34.3 Å². The Kier molecular flexibility index (Phi) is 4.85. The molecule has 1 fully saturated rings. The van der Waals surface area contributed by atoms with Crippen molar-refractivity contribution in [1.29, 1.82) is 0 Å². The molecule has 1 saturated heterocycles. The molecule has 0 unspecified atom stereocenters. The first-order valence-electron chi connectivity index (χ1n) is 11.2. The second kappa shape index (κ2) is 7.43. The van der Waals surface area contributed by atoms with Crippen LogP contribution in [-0.2, 0) is 28.7 Å². The number of carbonyl (C=O) groups excluding carboxylic acids is 4. The molecule has 2 heterocycles. The van der Waals surface area contributed by atoms with Crippen molar-refractivity contribution in [2.45, 2.75) is 45.0 Å². The number of benzene rings is 2. The highest BCUT2D eigenvalue weighted by Gasteiger charge is 2.79. The normalized spacial score (nSPS) is 26.9. The Labute approximate surface area is 197 Å². The van der Waals surface area contributed by atoms with Crippen molar-refractivity contribution < 1.29 is 28.7 Å². The largest absolute Gasteiger partial charge is 0.483 e. The van der Waals surface area contributed by atoms with E-state index in [1.165, 1.54) is 20.8 Å². The summed E-state index contributed by atoms with van der Waals surface area (Å²) in [6, 6.07) is 18.4. The van der Waals surface area contributed by atoms with Gasteiger partial charge in [-0.05, 0) is 38.8 Å². The highest BCUT2D eigenvalue weighted by Crippen LogP contribution is 2.65. The van der Waals surface area contributed by atoms with Gasteiger partial charge in [-0.1, -0.05) is 60.7 Å². The number of hydrogen-bond donors (Lipinski definition) is 0. The van der Waals surface area contributed by atoms with Crippen molar-refractivity contribution in [2.24, 2.45) is 5.92 Å². The second-order valence-corrected chi connectivity index (χ2v) is 9.05. The average Bonchev–Trinajstić information content (AvgIpc) is 3.34. The quantitative estimate of drug-likeness (QED) is 0.637. The number of ether oxygens (including phenoxy) is 2. The summed E-state index contributed by atoms with van der Waals surface area (Å²) in [5, 5.41) is 0. The molecule has 3 aliphatic rings. The fraction of sp³-hybridized carbons (Fsp3) is 0.286. The molecule has 172 valence electrons. The molecule has 6 nitrogen and oxygen atoms in total. The fourth-order valence-electron chi connectivity index (χ4n) is 5.96. The zero-order valence-electron chi connectivity index (χ0n) is 19.4. The molecular formula is C28H24O6. The van der Waals surface area contributed by atoms with Crippen molar-refractivity contribution in [3.63, 3.8) is 0 Å². The topological polar surface area (TPSA) is 86.7 Å². The number of hydrogen-bond acceptors (Lipinski definition) is 6. The summed E-state index contributed by atoms with van der Waals surface area (Å²) in [5.74, 6) is -2.81. The lowest BCUT2D eigenvalue weighted by atomic mass is 9.70. The average molecular weight is 456 g/mol. The van der Waals surface area contributed by atoms with Crippen LogP contribution >= 0.6 is 0 Å². The summed E-state index contributed by atoms with van der Waals surface area (Å²) >= 11 is 0. The predicted molar refractivity (Wildman–Crippen MR) is 124 cm³/mol. The van der Waals surface area contributed by atoms with E-state index >= 15 is 0 Å². The van der Waals surface area contributed by atoms with E-state index in [4.69, 9.17) is 9.47 Å². The van der Waals surface area contributed by atoms with E-state index in [2.05, 4.69) is 0 Å². The van der Waals surface area contributed by atoms with E-state index in [0.29, 0.717) is 28.0 Å². The number of Topliss-reactive ketones (excluding diaryl/α,β-unsaturated/α-hetero) is 4. The van der Waals surface area contributed by atoms with E-state index in [9.17, 15) is 19.2 Å². The van der Waals surface area contributed by atoms with E-state index in [0.717, 1.165) is 0 Å². The Morgan fingerprint density at radius 2 is 1.35 bits per heavy atom. The van der Waals surface area contributed by atoms with Gasteiger partial charge in [0.25, 0.3) is 0 Å². The summed E-state index contributed by atoms with van der Waals surface area (Å²) in [5.41, 5.74) is -1.09. The van der Waals surface area contributed by atoms with Crippen LogP contribution in [0.1, 0.15) is 38.8 Å². The predicted octanol–water partition coefficient (Wildman–Crippen LogP) is 3.74. The van der Waals surface area contributed by atoms with Crippen molar-refractivity contribution in [3.05, 3.63) is 83.1 Å². The molecular weight excluding hydrogens is 432 g/mol. The van der Waals surface area contributed by atoms with Gasteiger partial charge in [0.2, 0.25) is 0 Å². The zero-order chi connectivity index (χ0) is 24.4. The summed E-state index contributed by atoms with van der Waals surface area (Å²) in [7, 11) is 0. The van der Waals surface area contributed by atoms with Gasteiger partial charge in [-0.2, -0.15) is 0 Å². The van der Waals surface area contributed by atoms with Crippen LogP contribution < -0.4 is 0 Å². The summed E-state index contributed by atoms with van der Waals surface area (Å²) < 4.78 is 12.7. The second-order valence-electron chi connectivity index (χ2n) is 9.05. The van der Waals surface area contributed by atoms with Crippen LogP contribution in [0.15, 0.2) is 72.0 Å². The lowest BCUT2D eigenvalue weighted by Gasteiger charge is -2.33. The standard InChI is InChI=1S/C28H24O6/c1-15(29)21-16(2)33-28-23(20-13-9-6-10-14-20)22(19-11-7-5-8-12-19)24(32)25(28)27(17(3)30,18(4)31)34-26(21)28/h5-14,25-26H,1-4H3/t25-,26+,28+/m1/s1. The van der Waals surface area contributed by atoms with Gasteiger partial charge >= 0.3 is 0 Å². The van der Waals surface area contributed by atoms with Gasteiger partial charge in [-0.25, -0.2) is 0 Å². The molecule has 3 atom stereocenters. The third-order valence-corrected chi connectivity index (χ3v) is 7.19. The number of rotatable bonds is 5. The van der Waals surface area contributed by atoms with Gasteiger partial charge in [0.1, 0.15) is 17.8 Å². The summed E-state index contributed by atoms with van der Waals surface area (Å²) in [4.78, 5) is 53.2. The minimum Gasteiger partial charge on any atom is -0.483 e. The Balaban J connectivity index is 1.91. The van der Waals surface area contributed by atoms with Gasteiger partial charge in [-0.3, -0.25) is 19.2 Å². The molecule has 0 bridgehead atoms. The van der Waals surface area contributed by atoms with Crippen LogP contribution in [0.25, 0.3) is 11.1 Å². The van der Waals surface area contributed by atoms with Crippen LogP contribution in [-0.4, -0.2) is 40.4 Å². The molecule has 2 aromatic rings. The van der Waals surface area contributed by atoms with Gasteiger partial charge in [0.05, 0.1) is 5.57 Å². The van der Waals surface area contributed by atoms with Crippen molar-refractivity contribution in [1.82, 2.24) is 0 Å². The minimum atomic E-state index is -2.06. The number of allylic oxidation sites excluding steroid dienone is 2. The molecule has 0 saturated carbocycles. The molecule has 0 aromatic heterocycles. The van der Waals surface area contributed by atoms with E-state index < -0.39 is 40.6 Å². The molecule has 2 aliphatic heterocycles. The highest BCUT2D eigenvalue weighted by atomic mass is 16.6. The molecule has 5 rings (SSSR count). The van der Waals surface area contributed by atoms with Gasteiger partial charge in [0, 0.05) is 11.1 Å². The first-order valence-corrected chi connectivity index (χ1v) is 11.2. The molecule has 0 amide bonds. The van der Waals surface area contributed by atoms with Gasteiger partial charge in [-0.15, -0.1) is 0 Å². The molecule has 1 spiro atoms.